The van der Waals surface area contributed by atoms with E-state index >= 15 is 0 Å². The summed E-state index contributed by atoms with van der Waals surface area (Å²) in [5.74, 6) is 9.34. The predicted molar refractivity (Wildman–Crippen MR) is 64.5 cm³/mol. The highest BCUT2D eigenvalue weighted by atomic mass is 14.9. The van der Waals surface area contributed by atoms with Crippen LogP contribution in [0.1, 0.15) is 46.0 Å². The zero-order chi connectivity index (χ0) is 10.7. The molecular formula is C14H23N. The van der Waals surface area contributed by atoms with E-state index in [9.17, 15) is 0 Å². The SMILES string of the molecule is CC#CCCC(NCC)C1C2CCCC21. The van der Waals surface area contributed by atoms with E-state index in [1.807, 2.05) is 6.92 Å². The molecule has 0 aromatic carbocycles. The summed E-state index contributed by atoms with van der Waals surface area (Å²) in [6.07, 6.45) is 6.81. The molecule has 0 aliphatic heterocycles. The van der Waals surface area contributed by atoms with E-state index in [0.717, 1.165) is 36.8 Å². The summed E-state index contributed by atoms with van der Waals surface area (Å²) < 4.78 is 0. The number of hydrogen-bond donors (Lipinski definition) is 1. The van der Waals surface area contributed by atoms with Gasteiger partial charge in [-0.15, -0.1) is 11.8 Å². The second kappa shape index (κ2) is 5.03. The van der Waals surface area contributed by atoms with Crippen LogP contribution >= 0.6 is 0 Å². The molecule has 0 saturated heterocycles. The van der Waals surface area contributed by atoms with Crippen LogP contribution in [0, 0.1) is 29.6 Å². The summed E-state index contributed by atoms with van der Waals surface area (Å²) in [5.41, 5.74) is 0. The Morgan fingerprint density at radius 3 is 2.67 bits per heavy atom. The summed E-state index contributed by atoms with van der Waals surface area (Å²) in [5, 5.41) is 3.66. The summed E-state index contributed by atoms with van der Waals surface area (Å²) in [6.45, 7) is 5.27. The summed E-state index contributed by atoms with van der Waals surface area (Å²) in [4.78, 5) is 0. The maximum Gasteiger partial charge on any atom is 0.0110 e. The molecule has 3 atom stereocenters. The van der Waals surface area contributed by atoms with Gasteiger partial charge < -0.3 is 5.32 Å². The smallest absolute Gasteiger partial charge is 0.0110 e. The first-order valence-electron chi connectivity index (χ1n) is 6.51. The molecule has 2 fully saturated rings. The molecule has 1 N–H and O–H groups in total. The minimum Gasteiger partial charge on any atom is -0.314 e. The third kappa shape index (κ3) is 2.37. The number of hydrogen-bond acceptors (Lipinski definition) is 1. The van der Waals surface area contributed by atoms with Crippen molar-refractivity contribution in [2.75, 3.05) is 6.54 Å². The molecule has 84 valence electrons. The molecule has 1 nitrogen and oxygen atoms in total. The molecule has 0 spiro atoms. The highest BCUT2D eigenvalue weighted by Crippen LogP contribution is 2.59. The lowest BCUT2D eigenvalue weighted by Crippen LogP contribution is -2.32. The Balaban J connectivity index is 1.80. The fraction of sp³-hybridized carbons (Fsp3) is 0.857. The lowest BCUT2D eigenvalue weighted by Gasteiger charge is -2.18. The fourth-order valence-corrected chi connectivity index (χ4v) is 3.52. The van der Waals surface area contributed by atoms with Crippen LogP contribution in [-0.4, -0.2) is 12.6 Å². The first-order valence-corrected chi connectivity index (χ1v) is 6.51. The van der Waals surface area contributed by atoms with E-state index < -0.39 is 0 Å². The summed E-state index contributed by atoms with van der Waals surface area (Å²) >= 11 is 0. The molecule has 3 unspecified atom stereocenters. The molecule has 0 bridgehead atoms. The normalized spacial score (nSPS) is 34.1. The molecule has 0 aromatic rings. The van der Waals surface area contributed by atoms with Crippen molar-refractivity contribution < 1.29 is 0 Å². The van der Waals surface area contributed by atoms with Crippen LogP contribution in [0.25, 0.3) is 0 Å². The molecule has 2 aliphatic carbocycles. The van der Waals surface area contributed by atoms with Crippen molar-refractivity contribution in [1.29, 1.82) is 0 Å². The molecule has 2 saturated carbocycles. The first kappa shape index (κ1) is 11.0. The molecular weight excluding hydrogens is 182 g/mol. The molecule has 2 rings (SSSR count). The second-order valence-electron chi connectivity index (χ2n) is 4.97. The number of nitrogens with one attached hydrogen (secondary N) is 1. The van der Waals surface area contributed by atoms with Gasteiger partial charge in [-0.3, -0.25) is 0 Å². The van der Waals surface area contributed by atoms with Crippen molar-refractivity contribution in [2.45, 2.75) is 52.0 Å². The standard InChI is InChI=1S/C14H23N/c1-3-5-6-10-13(15-4-2)14-11-8-7-9-12(11)14/h11-15H,4,6-10H2,1-2H3. The van der Waals surface area contributed by atoms with Gasteiger partial charge in [0.15, 0.2) is 0 Å². The van der Waals surface area contributed by atoms with E-state index in [0.29, 0.717) is 0 Å². The molecule has 2 aliphatic rings. The van der Waals surface area contributed by atoms with E-state index in [2.05, 4.69) is 24.1 Å². The van der Waals surface area contributed by atoms with Gasteiger partial charge in [-0.05, 0) is 50.5 Å². The third-order valence-corrected chi connectivity index (χ3v) is 4.16. The van der Waals surface area contributed by atoms with Crippen molar-refractivity contribution in [3.63, 3.8) is 0 Å². The van der Waals surface area contributed by atoms with Gasteiger partial charge in [-0.25, -0.2) is 0 Å². The van der Waals surface area contributed by atoms with Crippen LogP contribution in [0.3, 0.4) is 0 Å². The maximum atomic E-state index is 3.66. The van der Waals surface area contributed by atoms with E-state index in [-0.39, 0.29) is 0 Å². The van der Waals surface area contributed by atoms with E-state index in [4.69, 9.17) is 0 Å². The lowest BCUT2D eigenvalue weighted by molar-refractivity contribution is 0.396. The first-order chi connectivity index (χ1) is 7.38. The highest BCUT2D eigenvalue weighted by molar-refractivity contribution is 5.07. The second-order valence-corrected chi connectivity index (χ2v) is 4.97. The van der Waals surface area contributed by atoms with Gasteiger partial charge in [0, 0.05) is 12.5 Å². The molecule has 0 aromatic heterocycles. The lowest BCUT2D eigenvalue weighted by atomic mass is 10.00. The van der Waals surface area contributed by atoms with Crippen molar-refractivity contribution >= 4 is 0 Å². The van der Waals surface area contributed by atoms with Gasteiger partial charge >= 0.3 is 0 Å². The van der Waals surface area contributed by atoms with Gasteiger partial charge in [0.1, 0.15) is 0 Å². The largest absolute Gasteiger partial charge is 0.314 e. The van der Waals surface area contributed by atoms with Crippen LogP contribution in [-0.2, 0) is 0 Å². The van der Waals surface area contributed by atoms with Gasteiger partial charge in [0.05, 0.1) is 0 Å². The number of fused-ring (bicyclic) bond motifs is 1. The topological polar surface area (TPSA) is 12.0 Å². The van der Waals surface area contributed by atoms with Crippen LogP contribution in [0.4, 0.5) is 0 Å². The summed E-state index contributed by atoms with van der Waals surface area (Å²) in [6, 6.07) is 0.756. The van der Waals surface area contributed by atoms with E-state index in [1.54, 1.807) is 0 Å². The van der Waals surface area contributed by atoms with Crippen molar-refractivity contribution in [3.8, 4) is 11.8 Å². The Kier molecular flexibility index (Phi) is 3.70. The molecule has 15 heavy (non-hydrogen) atoms. The quantitative estimate of drug-likeness (QED) is 0.681. The van der Waals surface area contributed by atoms with Gasteiger partial charge in [0.2, 0.25) is 0 Å². The van der Waals surface area contributed by atoms with E-state index in [1.165, 1.54) is 25.7 Å². The monoisotopic (exact) mass is 205 g/mol. The average molecular weight is 205 g/mol. The Labute approximate surface area is 94.0 Å². The van der Waals surface area contributed by atoms with Crippen LogP contribution in [0.2, 0.25) is 0 Å². The molecule has 1 heteroatoms. The van der Waals surface area contributed by atoms with Crippen molar-refractivity contribution in [2.24, 2.45) is 17.8 Å². The fourth-order valence-electron chi connectivity index (χ4n) is 3.52. The van der Waals surface area contributed by atoms with Crippen LogP contribution in [0.5, 0.6) is 0 Å². The summed E-state index contributed by atoms with van der Waals surface area (Å²) in [7, 11) is 0. The minimum atomic E-state index is 0.756. The third-order valence-electron chi connectivity index (χ3n) is 4.16. The minimum absolute atomic E-state index is 0.756. The Morgan fingerprint density at radius 1 is 1.33 bits per heavy atom. The van der Waals surface area contributed by atoms with Gasteiger partial charge in [0.25, 0.3) is 0 Å². The van der Waals surface area contributed by atoms with Gasteiger partial charge in [-0.1, -0.05) is 13.3 Å². The Bertz CT molecular complexity index is 250. The zero-order valence-corrected chi connectivity index (χ0v) is 10.1. The number of rotatable bonds is 5. The molecule has 0 heterocycles. The average Bonchev–Trinajstić information content (AvgIpc) is 2.71. The van der Waals surface area contributed by atoms with Crippen LogP contribution < -0.4 is 5.32 Å². The Morgan fingerprint density at radius 2 is 2.07 bits per heavy atom. The zero-order valence-electron chi connectivity index (χ0n) is 10.1. The molecule has 0 radical (unpaired) electrons. The molecule has 0 amide bonds. The van der Waals surface area contributed by atoms with Crippen molar-refractivity contribution in [1.82, 2.24) is 5.32 Å². The highest BCUT2D eigenvalue weighted by Gasteiger charge is 2.55. The Hall–Kier alpha value is -0.480. The predicted octanol–water partition coefficient (Wildman–Crippen LogP) is 2.81. The van der Waals surface area contributed by atoms with Crippen molar-refractivity contribution in [3.05, 3.63) is 0 Å². The van der Waals surface area contributed by atoms with Gasteiger partial charge in [-0.2, -0.15) is 0 Å². The van der Waals surface area contributed by atoms with Crippen LogP contribution in [0.15, 0.2) is 0 Å². The maximum absolute atomic E-state index is 3.66.